The molecule has 114 valence electrons. The number of benzene rings is 2. The fourth-order valence-electron chi connectivity index (χ4n) is 2.32. The first-order chi connectivity index (χ1) is 10.6. The van der Waals surface area contributed by atoms with Crippen molar-refractivity contribution in [3.63, 3.8) is 0 Å². The Labute approximate surface area is 134 Å². The molecule has 5 heteroatoms. The topological polar surface area (TPSA) is 50.4 Å². The number of hydrogen-bond acceptors (Lipinski definition) is 3. The van der Waals surface area contributed by atoms with Gasteiger partial charge in [0.25, 0.3) is 5.91 Å². The molecule has 2 aromatic carbocycles. The highest BCUT2D eigenvalue weighted by Gasteiger charge is 2.23. The van der Waals surface area contributed by atoms with Crippen LogP contribution in [0.2, 0.25) is 5.02 Å². The van der Waals surface area contributed by atoms with Gasteiger partial charge in [0.1, 0.15) is 5.75 Å². The average Bonchev–Trinajstić information content (AvgIpc) is 2.51. The van der Waals surface area contributed by atoms with Crippen LogP contribution in [0.4, 0.5) is 5.69 Å². The molecule has 0 fully saturated rings. The zero-order chi connectivity index (χ0) is 15.5. The van der Waals surface area contributed by atoms with Gasteiger partial charge < -0.3 is 15.4 Å². The summed E-state index contributed by atoms with van der Waals surface area (Å²) in [5.74, 6) is 0.604. The molecule has 0 spiro atoms. The van der Waals surface area contributed by atoms with E-state index in [0.29, 0.717) is 12.3 Å². The summed E-state index contributed by atoms with van der Waals surface area (Å²) < 4.78 is 5.54. The Bertz CT molecular complexity index is 686. The molecule has 0 aromatic heterocycles. The van der Waals surface area contributed by atoms with Gasteiger partial charge in [-0.1, -0.05) is 29.8 Å². The molecule has 0 saturated heterocycles. The number of fused-ring (bicyclic) bond motifs is 1. The summed E-state index contributed by atoms with van der Waals surface area (Å²) in [7, 11) is 0. The molecule has 1 atom stereocenters. The molecule has 2 aromatic rings. The van der Waals surface area contributed by atoms with Crippen molar-refractivity contribution >= 4 is 23.2 Å². The van der Waals surface area contributed by atoms with Gasteiger partial charge in [0.2, 0.25) is 0 Å². The number of rotatable bonds is 4. The Morgan fingerprint density at radius 2 is 1.82 bits per heavy atom. The Morgan fingerprint density at radius 1 is 1.14 bits per heavy atom. The molecule has 0 aliphatic carbocycles. The van der Waals surface area contributed by atoms with Crippen LogP contribution in [0.25, 0.3) is 0 Å². The van der Waals surface area contributed by atoms with Crippen LogP contribution < -0.4 is 15.4 Å². The molecule has 0 radical (unpaired) electrons. The second-order valence-electron chi connectivity index (χ2n) is 5.31. The van der Waals surface area contributed by atoms with E-state index in [2.05, 4.69) is 10.6 Å². The molecule has 1 aliphatic heterocycles. The van der Waals surface area contributed by atoms with Crippen LogP contribution in [0.15, 0.2) is 42.5 Å². The second kappa shape index (κ2) is 6.38. The van der Waals surface area contributed by atoms with E-state index in [1.807, 2.05) is 42.5 Å². The summed E-state index contributed by atoms with van der Waals surface area (Å²) >= 11 is 5.86. The first kappa shape index (κ1) is 14.9. The van der Waals surface area contributed by atoms with E-state index in [1.165, 1.54) is 5.56 Å². The smallest absolute Gasteiger partial charge is 0.265 e. The fourth-order valence-corrected chi connectivity index (χ4v) is 2.45. The van der Waals surface area contributed by atoms with E-state index in [9.17, 15) is 4.79 Å². The number of amides is 1. The summed E-state index contributed by atoms with van der Waals surface area (Å²) in [6, 6.07) is 13.6. The van der Waals surface area contributed by atoms with Gasteiger partial charge >= 0.3 is 0 Å². The van der Waals surface area contributed by atoms with Gasteiger partial charge in [-0.25, -0.2) is 0 Å². The third-order valence-electron chi connectivity index (χ3n) is 3.55. The van der Waals surface area contributed by atoms with Crippen molar-refractivity contribution < 1.29 is 9.53 Å². The van der Waals surface area contributed by atoms with Gasteiger partial charge in [0, 0.05) is 18.1 Å². The molecule has 0 bridgehead atoms. The standard InChI is InChI=1S/C17H17ClN2O2/c1-11-17(21)20-15-8-13(4-7-16(15)22-11)10-19-9-12-2-5-14(18)6-3-12/h2-8,11,19H,9-10H2,1H3,(H,20,21). The highest BCUT2D eigenvalue weighted by molar-refractivity contribution is 6.30. The van der Waals surface area contributed by atoms with Gasteiger partial charge in [-0.3, -0.25) is 4.79 Å². The highest BCUT2D eigenvalue weighted by Crippen LogP contribution is 2.30. The minimum Gasteiger partial charge on any atom is -0.479 e. The average molecular weight is 317 g/mol. The number of halogens is 1. The molecule has 1 heterocycles. The summed E-state index contributed by atoms with van der Waals surface area (Å²) in [4.78, 5) is 11.6. The maximum Gasteiger partial charge on any atom is 0.265 e. The van der Waals surface area contributed by atoms with Crippen molar-refractivity contribution in [2.45, 2.75) is 26.1 Å². The summed E-state index contributed by atoms with van der Waals surface area (Å²) in [5, 5.41) is 6.96. The van der Waals surface area contributed by atoms with Gasteiger partial charge in [-0.05, 0) is 42.3 Å². The summed E-state index contributed by atoms with van der Waals surface area (Å²) in [6.07, 6.45) is -0.443. The lowest BCUT2D eigenvalue weighted by molar-refractivity contribution is -0.122. The van der Waals surface area contributed by atoms with Crippen molar-refractivity contribution in [1.82, 2.24) is 5.32 Å². The predicted octanol–water partition coefficient (Wildman–Crippen LogP) is 3.35. The number of ether oxygens (including phenoxy) is 1. The van der Waals surface area contributed by atoms with Crippen molar-refractivity contribution in [1.29, 1.82) is 0 Å². The van der Waals surface area contributed by atoms with Gasteiger partial charge in [-0.2, -0.15) is 0 Å². The number of carbonyl (C=O) groups excluding carboxylic acids is 1. The maximum atomic E-state index is 11.6. The third kappa shape index (κ3) is 3.40. The van der Waals surface area contributed by atoms with Crippen molar-refractivity contribution in [2.75, 3.05) is 5.32 Å². The van der Waals surface area contributed by atoms with Crippen LogP contribution in [0.3, 0.4) is 0 Å². The zero-order valence-electron chi connectivity index (χ0n) is 12.2. The molecular weight excluding hydrogens is 300 g/mol. The van der Waals surface area contributed by atoms with E-state index >= 15 is 0 Å². The summed E-state index contributed by atoms with van der Waals surface area (Å²) in [5.41, 5.74) is 2.99. The minimum atomic E-state index is -0.443. The van der Waals surface area contributed by atoms with E-state index in [0.717, 1.165) is 22.8 Å². The quantitative estimate of drug-likeness (QED) is 0.909. The lowest BCUT2D eigenvalue weighted by Crippen LogP contribution is -2.34. The highest BCUT2D eigenvalue weighted by atomic mass is 35.5. The Balaban J connectivity index is 1.60. The molecule has 2 N–H and O–H groups in total. The van der Waals surface area contributed by atoms with Crippen LogP contribution in [0.1, 0.15) is 18.1 Å². The summed E-state index contributed by atoms with van der Waals surface area (Å²) in [6.45, 7) is 3.20. The first-order valence-electron chi connectivity index (χ1n) is 7.17. The number of hydrogen-bond donors (Lipinski definition) is 2. The number of carbonyl (C=O) groups is 1. The van der Waals surface area contributed by atoms with Crippen LogP contribution in [0.5, 0.6) is 5.75 Å². The molecule has 1 aliphatic rings. The molecule has 1 amide bonds. The van der Waals surface area contributed by atoms with E-state index in [4.69, 9.17) is 16.3 Å². The second-order valence-corrected chi connectivity index (χ2v) is 5.75. The first-order valence-corrected chi connectivity index (χ1v) is 7.55. The Hall–Kier alpha value is -2.04. The lowest BCUT2D eigenvalue weighted by atomic mass is 10.1. The molecule has 0 saturated carbocycles. The number of nitrogens with one attached hydrogen (secondary N) is 2. The normalized spacial score (nSPS) is 16.6. The Morgan fingerprint density at radius 3 is 2.59 bits per heavy atom. The molecule has 22 heavy (non-hydrogen) atoms. The third-order valence-corrected chi connectivity index (χ3v) is 3.80. The largest absolute Gasteiger partial charge is 0.479 e. The molecule has 4 nitrogen and oxygen atoms in total. The monoisotopic (exact) mass is 316 g/mol. The van der Waals surface area contributed by atoms with Crippen molar-refractivity contribution in [2.24, 2.45) is 0 Å². The van der Waals surface area contributed by atoms with Crippen molar-refractivity contribution in [3.05, 3.63) is 58.6 Å². The van der Waals surface area contributed by atoms with Crippen LogP contribution in [-0.2, 0) is 17.9 Å². The number of anilines is 1. The fraction of sp³-hybridized carbons (Fsp3) is 0.235. The lowest BCUT2D eigenvalue weighted by Gasteiger charge is -2.23. The van der Waals surface area contributed by atoms with E-state index in [-0.39, 0.29) is 5.91 Å². The minimum absolute atomic E-state index is 0.112. The predicted molar refractivity (Wildman–Crippen MR) is 87.2 cm³/mol. The SMILES string of the molecule is CC1Oc2ccc(CNCc3ccc(Cl)cc3)cc2NC1=O. The van der Waals surface area contributed by atoms with E-state index < -0.39 is 6.10 Å². The zero-order valence-corrected chi connectivity index (χ0v) is 13.0. The van der Waals surface area contributed by atoms with Crippen LogP contribution in [-0.4, -0.2) is 12.0 Å². The van der Waals surface area contributed by atoms with Gasteiger partial charge in [0.15, 0.2) is 6.10 Å². The van der Waals surface area contributed by atoms with Gasteiger partial charge in [0.05, 0.1) is 5.69 Å². The van der Waals surface area contributed by atoms with Crippen LogP contribution >= 0.6 is 11.6 Å². The molecular formula is C17H17ClN2O2. The van der Waals surface area contributed by atoms with Gasteiger partial charge in [-0.15, -0.1) is 0 Å². The molecule has 3 rings (SSSR count). The van der Waals surface area contributed by atoms with E-state index in [1.54, 1.807) is 6.92 Å². The van der Waals surface area contributed by atoms with Crippen LogP contribution in [0, 0.1) is 0 Å². The molecule has 1 unspecified atom stereocenters. The van der Waals surface area contributed by atoms with Crippen molar-refractivity contribution in [3.8, 4) is 5.75 Å². The maximum absolute atomic E-state index is 11.6. The Kier molecular flexibility index (Phi) is 4.32.